The topological polar surface area (TPSA) is 50.1 Å². The predicted molar refractivity (Wildman–Crippen MR) is 69.5 cm³/mol. The molecule has 0 radical (unpaired) electrons. The lowest BCUT2D eigenvalue weighted by atomic mass is 10.1. The third-order valence-corrected chi connectivity index (χ3v) is 2.78. The number of rotatable bonds is 4. The van der Waals surface area contributed by atoms with Crippen LogP contribution in [0.15, 0.2) is 48.0 Å². The fourth-order valence-corrected chi connectivity index (χ4v) is 1.89. The fraction of sp³-hybridized carbons (Fsp3) is 0.385. The van der Waals surface area contributed by atoms with E-state index < -0.39 is 0 Å². The second-order valence-electron chi connectivity index (χ2n) is 4.10. The van der Waals surface area contributed by atoms with Crippen LogP contribution >= 0.6 is 0 Å². The van der Waals surface area contributed by atoms with Gasteiger partial charge in [-0.2, -0.15) is 0 Å². The van der Waals surface area contributed by atoms with Crippen LogP contribution in [0, 0.1) is 0 Å². The third kappa shape index (κ3) is 3.28. The van der Waals surface area contributed by atoms with Crippen LogP contribution in [-0.2, 0) is 0 Å². The van der Waals surface area contributed by atoms with Gasteiger partial charge in [0, 0.05) is 11.7 Å². The van der Waals surface area contributed by atoms with Gasteiger partial charge in [0.05, 0.1) is 5.82 Å². The number of hydrogen-bond acceptors (Lipinski definition) is 3. The van der Waals surface area contributed by atoms with Gasteiger partial charge in [-0.05, 0) is 44.0 Å². The smallest absolute Gasteiger partial charge is 0.0928 e. The van der Waals surface area contributed by atoms with E-state index in [1.807, 2.05) is 20.0 Å². The third-order valence-electron chi connectivity index (χ3n) is 2.78. The minimum absolute atomic E-state index is 0.428. The Morgan fingerprint density at radius 1 is 1.56 bits per heavy atom. The molecular weight excluding hydrogens is 198 g/mol. The number of nitrogens with one attached hydrogen (secondary N) is 2. The minimum atomic E-state index is 0.428. The maximum atomic E-state index is 5.45. The first-order chi connectivity index (χ1) is 7.54. The van der Waals surface area contributed by atoms with Gasteiger partial charge in [-0.3, -0.25) is 0 Å². The molecule has 88 valence electrons. The van der Waals surface area contributed by atoms with Crippen LogP contribution in [0.25, 0.3) is 0 Å². The SMILES string of the molecule is C=C(N)N/C(C)=C/C=C1/CCC(NC)C1=C. The molecule has 1 fully saturated rings. The van der Waals surface area contributed by atoms with Crippen LogP contribution in [0.3, 0.4) is 0 Å². The van der Waals surface area contributed by atoms with Gasteiger partial charge in [-0.15, -0.1) is 0 Å². The van der Waals surface area contributed by atoms with Crippen LogP contribution in [-0.4, -0.2) is 13.1 Å². The summed E-state index contributed by atoms with van der Waals surface area (Å²) >= 11 is 0. The van der Waals surface area contributed by atoms with Gasteiger partial charge >= 0.3 is 0 Å². The molecule has 3 heteroatoms. The monoisotopic (exact) mass is 219 g/mol. The van der Waals surface area contributed by atoms with Crippen LogP contribution < -0.4 is 16.4 Å². The average molecular weight is 219 g/mol. The first-order valence-corrected chi connectivity index (χ1v) is 5.50. The molecule has 1 saturated carbocycles. The van der Waals surface area contributed by atoms with E-state index in [2.05, 4.69) is 29.9 Å². The fourth-order valence-electron chi connectivity index (χ4n) is 1.89. The van der Waals surface area contributed by atoms with E-state index in [1.54, 1.807) is 0 Å². The predicted octanol–water partition coefficient (Wildman–Crippen LogP) is 1.77. The van der Waals surface area contributed by atoms with Gasteiger partial charge in [0.2, 0.25) is 0 Å². The largest absolute Gasteiger partial charge is 0.386 e. The minimum Gasteiger partial charge on any atom is -0.386 e. The molecule has 0 aromatic heterocycles. The second kappa shape index (κ2) is 5.56. The van der Waals surface area contributed by atoms with Gasteiger partial charge in [0.15, 0.2) is 0 Å². The number of hydrogen-bond donors (Lipinski definition) is 3. The lowest BCUT2D eigenvalue weighted by molar-refractivity contribution is 0.648. The van der Waals surface area contributed by atoms with Gasteiger partial charge in [-0.25, -0.2) is 0 Å². The molecule has 0 bridgehead atoms. The van der Waals surface area contributed by atoms with Crippen molar-refractivity contribution in [2.24, 2.45) is 5.73 Å². The zero-order valence-electron chi connectivity index (χ0n) is 10.1. The van der Waals surface area contributed by atoms with Gasteiger partial charge in [-0.1, -0.05) is 19.2 Å². The maximum Gasteiger partial charge on any atom is 0.0928 e. The van der Waals surface area contributed by atoms with Crippen LogP contribution in [0.5, 0.6) is 0 Å². The first-order valence-electron chi connectivity index (χ1n) is 5.50. The Hall–Kier alpha value is -1.48. The molecule has 1 rings (SSSR count). The van der Waals surface area contributed by atoms with Crippen molar-refractivity contribution >= 4 is 0 Å². The van der Waals surface area contributed by atoms with Crippen LogP contribution in [0.2, 0.25) is 0 Å². The summed E-state index contributed by atoms with van der Waals surface area (Å²) in [6.45, 7) is 9.66. The molecule has 0 aromatic carbocycles. The number of likely N-dealkylation sites (N-methyl/N-ethyl adjacent to an activating group) is 1. The summed E-state index contributed by atoms with van der Waals surface area (Å²) in [6, 6.07) is 0.428. The quantitative estimate of drug-likeness (QED) is 0.675. The highest BCUT2D eigenvalue weighted by molar-refractivity contribution is 5.40. The van der Waals surface area contributed by atoms with E-state index >= 15 is 0 Å². The Labute approximate surface area is 97.8 Å². The highest BCUT2D eigenvalue weighted by Crippen LogP contribution is 2.29. The van der Waals surface area contributed by atoms with E-state index in [0.717, 1.165) is 18.5 Å². The summed E-state index contributed by atoms with van der Waals surface area (Å²) in [5, 5.41) is 6.21. The van der Waals surface area contributed by atoms with Gasteiger partial charge < -0.3 is 16.4 Å². The molecule has 0 spiro atoms. The number of allylic oxidation sites excluding steroid dienone is 3. The summed E-state index contributed by atoms with van der Waals surface area (Å²) in [5.74, 6) is 0.463. The van der Waals surface area contributed by atoms with Crippen LogP contribution in [0.1, 0.15) is 19.8 Å². The van der Waals surface area contributed by atoms with E-state index in [4.69, 9.17) is 5.73 Å². The summed E-state index contributed by atoms with van der Waals surface area (Å²) < 4.78 is 0. The van der Waals surface area contributed by atoms with Crippen molar-refractivity contribution in [3.8, 4) is 0 Å². The molecule has 3 nitrogen and oxygen atoms in total. The Balaban J connectivity index is 2.65. The summed E-state index contributed by atoms with van der Waals surface area (Å²) in [6.07, 6.45) is 6.32. The van der Waals surface area contributed by atoms with Crippen molar-refractivity contribution in [2.75, 3.05) is 7.05 Å². The first kappa shape index (κ1) is 12.6. The van der Waals surface area contributed by atoms with Crippen LogP contribution in [0.4, 0.5) is 0 Å². The molecule has 1 aliphatic carbocycles. The van der Waals surface area contributed by atoms with Crippen molar-refractivity contribution in [1.29, 1.82) is 0 Å². The summed E-state index contributed by atoms with van der Waals surface area (Å²) in [5.41, 5.74) is 8.94. The summed E-state index contributed by atoms with van der Waals surface area (Å²) in [7, 11) is 1.97. The zero-order chi connectivity index (χ0) is 12.1. The standard InChI is InChI=1S/C13H21N3/c1-9(16-11(3)14)5-6-12-7-8-13(15-4)10(12)2/h5-6,13,15-16H,2-3,7-8,14H2,1,4H3/b9-5+,12-6-. The van der Waals surface area contributed by atoms with E-state index in [9.17, 15) is 0 Å². The summed E-state index contributed by atoms with van der Waals surface area (Å²) in [4.78, 5) is 0. The molecule has 1 atom stereocenters. The van der Waals surface area contributed by atoms with Crippen molar-refractivity contribution in [3.05, 3.63) is 48.0 Å². The number of nitrogens with two attached hydrogens (primary N) is 1. The highest BCUT2D eigenvalue weighted by atomic mass is 15.0. The van der Waals surface area contributed by atoms with Crippen molar-refractivity contribution < 1.29 is 0 Å². The molecule has 4 N–H and O–H groups in total. The van der Waals surface area contributed by atoms with Crippen molar-refractivity contribution in [1.82, 2.24) is 10.6 Å². The Bertz CT molecular complexity index is 350. The lowest BCUT2D eigenvalue weighted by Gasteiger charge is -2.08. The molecule has 16 heavy (non-hydrogen) atoms. The molecule has 1 aliphatic rings. The van der Waals surface area contributed by atoms with Gasteiger partial charge in [0.25, 0.3) is 0 Å². The molecule has 0 aromatic rings. The zero-order valence-corrected chi connectivity index (χ0v) is 10.1. The highest BCUT2D eigenvalue weighted by Gasteiger charge is 2.21. The molecule has 0 heterocycles. The Morgan fingerprint density at radius 3 is 2.75 bits per heavy atom. The second-order valence-corrected chi connectivity index (χ2v) is 4.10. The molecular formula is C13H21N3. The average Bonchev–Trinajstić information content (AvgIpc) is 2.55. The molecule has 0 amide bonds. The maximum absolute atomic E-state index is 5.45. The van der Waals surface area contributed by atoms with E-state index in [0.29, 0.717) is 11.9 Å². The molecule has 0 saturated heterocycles. The molecule has 0 aliphatic heterocycles. The normalized spacial score (nSPS) is 23.9. The van der Waals surface area contributed by atoms with Crippen molar-refractivity contribution in [2.45, 2.75) is 25.8 Å². The van der Waals surface area contributed by atoms with E-state index in [-0.39, 0.29) is 0 Å². The van der Waals surface area contributed by atoms with Gasteiger partial charge in [0.1, 0.15) is 0 Å². The Kier molecular flexibility index (Phi) is 4.38. The lowest BCUT2D eigenvalue weighted by Crippen LogP contribution is -2.22. The Morgan fingerprint density at radius 2 is 2.25 bits per heavy atom. The van der Waals surface area contributed by atoms with E-state index in [1.165, 1.54) is 11.1 Å². The van der Waals surface area contributed by atoms with Crippen molar-refractivity contribution in [3.63, 3.8) is 0 Å². The molecule has 1 unspecified atom stereocenters.